The summed E-state index contributed by atoms with van der Waals surface area (Å²) >= 11 is 0. The van der Waals surface area contributed by atoms with E-state index < -0.39 is 0 Å². The van der Waals surface area contributed by atoms with E-state index >= 15 is 0 Å². The van der Waals surface area contributed by atoms with E-state index in [1.807, 2.05) is 24.3 Å². The molecule has 0 bridgehead atoms. The Hall–Kier alpha value is -5.68. The van der Waals surface area contributed by atoms with Gasteiger partial charge in [0.25, 0.3) is 0 Å². The van der Waals surface area contributed by atoms with Gasteiger partial charge >= 0.3 is 0 Å². The molecule has 2 N–H and O–H groups in total. The van der Waals surface area contributed by atoms with Gasteiger partial charge in [-0.2, -0.15) is 0 Å². The number of aromatic hydroxyl groups is 2. The van der Waals surface area contributed by atoms with Crippen LogP contribution in [0.2, 0.25) is 0 Å². The topological polar surface area (TPSA) is 46.9 Å². The summed E-state index contributed by atoms with van der Waals surface area (Å²) in [5.41, 5.74) is 5.65. The fourth-order valence-corrected chi connectivity index (χ4v) is 7.53. The van der Waals surface area contributed by atoms with Gasteiger partial charge in [-0.1, -0.05) is 133 Å². The van der Waals surface area contributed by atoms with Crippen LogP contribution in [0.15, 0.2) is 146 Å². The first kappa shape index (κ1) is 31.6. The van der Waals surface area contributed by atoms with Gasteiger partial charge in [-0.05, 0) is 69.3 Å². The van der Waals surface area contributed by atoms with Crippen molar-refractivity contribution in [3.63, 3.8) is 0 Å². The van der Waals surface area contributed by atoms with E-state index in [-0.39, 0.29) is 0 Å². The second-order valence-corrected chi connectivity index (χ2v) is 13.5. The Morgan fingerprint density at radius 3 is 1.06 bits per heavy atom. The summed E-state index contributed by atoms with van der Waals surface area (Å²) in [6, 6.07) is 50.3. The minimum Gasteiger partial charge on any atom is -0.507 e. The van der Waals surface area contributed by atoms with Crippen LogP contribution in [0.1, 0.15) is 11.1 Å². The van der Waals surface area contributed by atoms with Crippen molar-refractivity contribution in [2.45, 2.75) is 13.1 Å². The van der Waals surface area contributed by atoms with Crippen molar-refractivity contribution in [3.05, 3.63) is 157 Å². The highest BCUT2D eigenvalue weighted by Gasteiger charge is 2.18. The van der Waals surface area contributed by atoms with E-state index in [9.17, 15) is 10.2 Å². The number of nitrogens with zero attached hydrogens (tertiary/aromatic N) is 2. The van der Waals surface area contributed by atoms with E-state index in [0.717, 1.165) is 89.6 Å². The molecule has 4 nitrogen and oxygen atoms in total. The SMILES string of the molecule is CN(CCN(C)Cc1cccc(-c2c3ccccc3cc3ccccc23)c1O)Cc1cccc(-c2c3ccccc3cc3ccccc23)c1O. The van der Waals surface area contributed by atoms with Crippen molar-refractivity contribution in [3.8, 4) is 33.8 Å². The summed E-state index contributed by atoms with van der Waals surface area (Å²) < 4.78 is 0. The molecule has 8 aromatic rings. The van der Waals surface area contributed by atoms with E-state index in [1.54, 1.807) is 0 Å². The molecule has 0 spiro atoms. The van der Waals surface area contributed by atoms with Crippen LogP contribution in [0.5, 0.6) is 11.5 Å². The standard InChI is InChI=1S/C46H40N2O2/c1-47(29-35-17-11-23-41(45(35)49)43-37-19-7-3-13-31(37)27-32-14-4-8-20-38(32)43)25-26-48(2)30-36-18-12-24-42(46(36)50)44-39-21-9-5-15-33(39)28-34-16-6-10-22-40(34)44/h3-24,27-28,49-50H,25-26,29-30H2,1-2H3. The number of para-hydroxylation sites is 2. The molecule has 8 rings (SSSR count). The molecule has 246 valence electrons. The van der Waals surface area contributed by atoms with Gasteiger partial charge in [-0.25, -0.2) is 0 Å². The first-order valence-corrected chi connectivity index (χ1v) is 17.3. The molecule has 0 amide bonds. The number of hydrogen-bond acceptors (Lipinski definition) is 4. The van der Waals surface area contributed by atoms with Gasteiger partial charge in [0, 0.05) is 59.6 Å². The quantitative estimate of drug-likeness (QED) is 0.152. The normalized spacial score (nSPS) is 11.8. The third-order valence-corrected chi connectivity index (χ3v) is 10.1. The lowest BCUT2D eigenvalue weighted by Gasteiger charge is -2.24. The maximum atomic E-state index is 11.7. The maximum Gasteiger partial charge on any atom is 0.127 e. The number of likely N-dealkylation sites (N-methyl/N-ethyl adjacent to an activating group) is 2. The first-order valence-electron chi connectivity index (χ1n) is 17.3. The van der Waals surface area contributed by atoms with Crippen molar-refractivity contribution in [2.24, 2.45) is 0 Å². The smallest absolute Gasteiger partial charge is 0.127 e. The van der Waals surface area contributed by atoms with E-state index in [4.69, 9.17) is 0 Å². The number of phenolic OH excluding ortho intramolecular Hbond substituents is 2. The molecule has 0 fully saturated rings. The lowest BCUT2D eigenvalue weighted by Crippen LogP contribution is -2.30. The van der Waals surface area contributed by atoms with Crippen LogP contribution in [-0.2, 0) is 13.1 Å². The zero-order valence-corrected chi connectivity index (χ0v) is 28.5. The van der Waals surface area contributed by atoms with Crippen molar-refractivity contribution >= 4 is 43.1 Å². The van der Waals surface area contributed by atoms with Gasteiger partial charge in [-0.15, -0.1) is 0 Å². The number of phenols is 2. The number of fused-ring (bicyclic) bond motifs is 4. The minimum absolute atomic E-state index is 0.330. The van der Waals surface area contributed by atoms with Gasteiger partial charge in [0.2, 0.25) is 0 Å². The first-order chi connectivity index (χ1) is 24.5. The molecule has 0 aliphatic rings. The van der Waals surface area contributed by atoms with E-state index in [1.165, 1.54) is 0 Å². The summed E-state index contributed by atoms with van der Waals surface area (Å²) in [5.74, 6) is 0.661. The van der Waals surface area contributed by atoms with Crippen molar-refractivity contribution < 1.29 is 10.2 Å². The Labute approximate surface area is 293 Å². The van der Waals surface area contributed by atoms with Gasteiger partial charge in [-0.3, -0.25) is 0 Å². The Balaban J connectivity index is 1.01. The summed E-state index contributed by atoms with van der Waals surface area (Å²) in [4.78, 5) is 4.49. The Kier molecular flexibility index (Phi) is 8.41. The van der Waals surface area contributed by atoms with Gasteiger partial charge < -0.3 is 20.0 Å². The van der Waals surface area contributed by atoms with Crippen LogP contribution in [0, 0.1) is 0 Å². The average Bonchev–Trinajstić information content (AvgIpc) is 3.14. The molecule has 0 heterocycles. The van der Waals surface area contributed by atoms with Crippen LogP contribution in [0.3, 0.4) is 0 Å². The summed E-state index contributed by atoms with van der Waals surface area (Å²) in [5, 5.41) is 32.6. The molecule has 0 aliphatic heterocycles. The van der Waals surface area contributed by atoms with Crippen LogP contribution in [-0.4, -0.2) is 47.2 Å². The Bertz CT molecular complexity index is 2240. The predicted molar refractivity (Wildman–Crippen MR) is 210 cm³/mol. The lowest BCUT2D eigenvalue weighted by atomic mass is 9.90. The number of benzene rings is 8. The highest BCUT2D eigenvalue weighted by atomic mass is 16.3. The van der Waals surface area contributed by atoms with Crippen molar-refractivity contribution in [2.75, 3.05) is 27.2 Å². The van der Waals surface area contributed by atoms with Crippen molar-refractivity contribution in [1.29, 1.82) is 0 Å². The third kappa shape index (κ3) is 5.83. The van der Waals surface area contributed by atoms with Gasteiger partial charge in [0.1, 0.15) is 11.5 Å². The molecule has 0 radical (unpaired) electrons. The fourth-order valence-electron chi connectivity index (χ4n) is 7.53. The predicted octanol–water partition coefficient (Wildman–Crippen LogP) is 10.6. The average molecular weight is 653 g/mol. The van der Waals surface area contributed by atoms with Crippen LogP contribution in [0.25, 0.3) is 65.3 Å². The summed E-state index contributed by atoms with van der Waals surface area (Å²) in [7, 11) is 4.19. The van der Waals surface area contributed by atoms with E-state index in [2.05, 4.69) is 145 Å². The zero-order valence-electron chi connectivity index (χ0n) is 28.5. The molecule has 4 heteroatoms. The molecule has 0 atom stereocenters. The lowest BCUT2D eigenvalue weighted by molar-refractivity contribution is 0.244. The molecule has 50 heavy (non-hydrogen) atoms. The molecular weight excluding hydrogens is 613 g/mol. The summed E-state index contributed by atoms with van der Waals surface area (Å²) in [6.07, 6.45) is 0. The highest BCUT2D eigenvalue weighted by molar-refractivity contribution is 6.14. The van der Waals surface area contributed by atoms with Crippen LogP contribution in [0.4, 0.5) is 0 Å². The third-order valence-electron chi connectivity index (χ3n) is 10.1. The molecule has 0 unspecified atom stereocenters. The molecule has 0 saturated heterocycles. The number of hydrogen-bond donors (Lipinski definition) is 2. The maximum absolute atomic E-state index is 11.7. The number of rotatable bonds is 9. The fraction of sp³-hybridized carbons (Fsp3) is 0.130. The highest BCUT2D eigenvalue weighted by Crippen LogP contribution is 2.43. The molecule has 8 aromatic carbocycles. The molecule has 0 saturated carbocycles. The zero-order chi connectivity index (χ0) is 34.2. The Morgan fingerprint density at radius 1 is 0.400 bits per heavy atom. The summed E-state index contributed by atoms with van der Waals surface area (Å²) in [6.45, 7) is 2.83. The second-order valence-electron chi connectivity index (χ2n) is 13.5. The van der Waals surface area contributed by atoms with Crippen LogP contribution >= 0.6 is 0 Å². The van der Waals surface area contributed by atoms with E-state index in [0.29, 0.717) is 24.6 Å². The second kappa shape index (κ2) is 13.3. The molecule has 0 aromatic heterocycles. The monoisotopic (exact) mass is 652 g/mol. The molecule has 0 aliphatic carbocycles. The Morgan fingerprint density at radius 2 is 0.720 bits per heavy atom. The minimum atomic E-state index is 0.330. The van der Waals surface area contributed by atoms with Gasteiger partial charge in [0.15, 0.2) is 0 Å². The van der Waals surface area contributed by atoms with Crippen molar-refractivity contribution in [1.82, 2.24) is 9.80 Å². The molecular formula is C46H40N2O2. The van der Waals surface area contributed by atoms with Gasteiger partial charge in [0.05, 0.1) is 0 Å². The largest absolute Gasteiger partial charge is 0.507 e. The van der Waals surface area contributed by atoms with Crippen LogP contribution < -0.4 is 0 Å².